The molecule has 0 radical (unpaired) electrons. The van der Waals surface area contributed by atoms with Crippen LogP contribution < -0.4 is 4.90 Å². The van der Waals surface area contributed by atoms with Gasteiger partial charge in [0.2, 0.25) is 5.91 Å². The first-order chi connectivity index (χ1) is 14.1. The number of hydrogen-bond acceptors (Lipinski definition) is 2. The number of hydrogen-bond donors (Lipinski definition) is 0. The van der Waals surface area contributed by atoms with Gasteiger partial charge in [0.1, 0.15) is 5.82 Å². The van der Waals surface area contributed by atoms with Gasteiger partial charge >= 0.3 is 0 Å². The Balaban J connectivity index is 1.40. The van der Waals surface area contributed by atoms with Crippen LogP contribution in [0.25, 0.3) is 0 Å². The predicted octanol–water partition coefficient (Wildman–Crippen LogP) is 4.50. The zero-order valence-corrected chi connectivity index (χ0v) is 16.4. The van der Waals surface area contributed by atoms with Crippen molar-refractivity contribution < 1.29 is 14.0 Å². The summed E-state index contributed by atoms with van der Waals surface area (Å²) in [6, 6.07) is 14.7. The normalized spacial score (nSPS) is 26.2. The Bertz CT molecular complexity index is 928. The molecule has 2 bridgehead atoms. The van der Waals surface area contributed by atoms with Gasteiger partial charge in [0.05, 0.1) is 11.3 Å². The van der Waals surface area contributed by atoms with Crippen molar-refractivity contribution >= 4 is 17.5 Å². The SMILES string of the molecule is O=C1CCCN1c1ccccc1C(=O)N1[C@@H]2CC[C@H]1C[C@@H](c1ccc(F)cc1)C2. The molecule has 0 N–H and O–H groups in total. The van der Waals surface area contributed by atoms with Gasteiger partial charge in [0.25, 0.3) is 5.91 Å². The summed E-state index contributed by atoms with van der Waals surface area (Å²) in [5.41, 5.74) is 2.55. The van der Waals surface area contributed by atoms with Crippen LogP contribution in [0.15, 0.2) is 48.5 Å². The highest BCUT2D eigenvalue weighted by molar-refractivity contribution is 6.05. The third-order valence-electron chi connectivity index (χ3n) is 6.81. The van der Waals surface area contributed by atoms with E-state index in [1.807, 2.05) is 36.4 Å². The smallest absolute Gasteiger partial charge is 0.256 e. The quantitative estimate of drug-likeness (QED) is 0.771. The Morgan fingerprint density at radius 2 is 1.66 bits per heavy atom. The number of piperidine rings is 1. The van der Waals surface area contributed by atoms with Crippen molar-refractivity contribution in [3.63, 3.8) is 0 Å². The molecule has 0 aliphatic carbocycles. The highest BCUT2D eigenvalue weighted by Gasteiger charge is 2.44. The molecular formula is C24H25FN2O2. The van der Waals surface area contributed by atoms with E-state index >= 15 is 0 Å². The molecule has 2 amide bonds. The minimum atomic E-state index is -0.211. The van der Waals surface area contributed by atoms with Crippen molar-refractivity contribution in [2.45, 2.75) is 56.5 Å². The maximum atomic E-state index is 13.6. The van der Waals surface area contributed by atoms with Gasteiger partial charge < -0.3 is 9.80 Å². The van der Waals surface area contributed by atoms with E-state index in [2.05, 4.69) is 4.90 Å². The van der Waals surface area contributed by atoms with Gasteiger partial charge in [-0.2, -0.15) is 0 Å². The number of para-hydroxylation sites is 1. The number of carbonyl (C=O) groups is 2. The van der Waals surface area contributed by atoms with Crippen molar-refractivity contribution in [3.8, 4) is 0 Å². The van der Waals surface area contributed by atoms with Gasteiger partial charge in [0.15, 0.2) is 0 Å². The van der Waals surface area contributed by atoms with Crippen LogP contribution >= 0.6 is 0 Å². The number of anilines is 1. The molecular weight excluding hydrogens is 367 g/mol. The van der Waals surface area contributed by atoms with Gasteiger partial charge in [-0.25, -0.2) is 4.39 Å². The van der Waals surface area contributed by atoms with Crippen LogP contribution in [0.2, 0.25) is 0 Å². The summed E-state index contributed by atoms with van der Waals surface area (Å²) in [6.45, 7) is 0.683. The number of amides is 2. The number of rotatable bonds is 3. The molecule has 3 atom stereocenters. The number of nitrogens with zero attached hydrogens (tertiary/aromatic N) is 2. The summed E-state index contributed by atoms with van der Waals surface area (Å²) >= 11 is 0. The average Bonchev–Trinajstić information content (AvgIpc) is 3.28. The van der Waals surface area contributed by atoms with Gasteiger partial charge in [-0.3, -0.25) is 9.59 Å². The molecule has 29 heavy (non-hydrogen) atoms. The number of benzene rings is 2. The minimum absolute atomic E-state index is 0.0466. The molecule has 4 nitrogen and oxygen atoms in total. The van der Waals surface area contributed by atoms with Crippen LogP contribution in [0.4, 0.5) is 10.1 Å². The Hall–Kier alpha value is -2.69. The van der Waals surface area contributed by atoms with Gasteiger partial charge in [-0.1, -0.05) is 24.3 Å². The maximum absolute atomic E-state index is 13.6. The van der Waals surface area contributed by atoms with Crippen molar-refractivity contribution in [2.24, 2.45) is 0 Å². The Morgan fingerprint density at radius 3 is 2.31 bits per heavy atom. The van der Waals surface area contributed by atoms with E-state index < -0.39 is 0 Å². The number of halogens is 1. The lowest BCUT2D eigenvalue weighted by Crippen LogP contribution is -2.46. The van der Waals surface area contributed by atoms with E-state index in [1.165, 1.54) is 17.7 Å². The maximum Gasteiger partial charge on any atom is 0.256 e. The Kier molecular flexibility index (Phi) is 4.61. The highest BCUT2D eigenvalue weighted by Crippen LogP contribution is 2.44. The standard InChI is InChI=1S/C24H25FN2O2/c25-18-9-7-16(8-10-18)17-14-19-11-12-20(15-17)27(19)24(29)21-4-1-2-5-22(21)26-13-3-6-23(26)28/h1-2,4-5,7-10,17,19-20H,3,6,11-15H2/t17-,19+,20-. The average molecular weight is 392 g/mol. The first-order valence-electron chi connectivity index (χ1n) is 10.6. The van der Waals surface area contributed by atoms with Crippen molar-refractivity contribution in [2.75, 3.05) is 11.4 Å². The number of carbonyl (C=O) groups excluding carboxylic acids is 2. The lowest BCUT2D eigenvalue weighted by Gasteiger charge is -2.39. The van der Waals surface area contributed by atoms with Crippen LogP contribution in [0.5, 0.6) is 0 Å². The molecule has 0 aromatic heterocycles. The molecule has 2 aromatic carbocycles. The molecule has 3 aliphatic rings. The fourth-order valence-electron chi connectivity index (χ4n) is 5.45. The molecule has 3 fully saturated rings. The molecule has 3 aliphatic heterocycles. The van der Waals surface area contributed by atoms with E-state index in [9.17, 15) is 14.0 Å². The van der Waals surface area contributed by atoms with Crippen molar-refractivity contribution in [3.05, 3.63) is 65.5 Å². The number of fused-ring (bicyclic) bond motifs is 2. The molecule has 0 saturated carbocycles. The van der Waals surface area contributed by atoms with Crippen LogP contribution in [0.1, 0.15) is 60.4 Å². The molecule has 5 heteroatoms. The van der Waals surface area contributed by atoms with Crippen LogP contribution in [0, 0.1) is 5.82 Å². The summed E-state index contributed by atoms with van der Waals surface area (Å²) in [7, 11) is 0. The molecule has 0 spiro atoms. The summed E-state index contributed by atoms with van der Waals surface area (Å²) in [4.78, 5) is 29.7. The highest BCUT2D eigenvalue weighted by atomic mass is 19.1. The largest absolute Gasteiger partial charge is 0.333 e. The first-order valence-corrected chi connectivity index (χ1v) is 10.6. The predicted molar refractivity (Wildman–Crippen MR) is 109 cm³/mol. The second-order valence-corrected chi connectivity index (χ2v) is 8.48. The van der Waals surface area contributed by atoms with E-state index in [0.717, 1.165) is 37.8 Å². The lowest BCUT2D eigenvalue weighted by atomic mass is 9.84. The molecule has 2 aromatic rings. The fraction of sp³-hybridized carbons (Fsp3) is 0.417. The van der Waals surface area contributed by atoms with Crippen molar-refractivity contribution in [1.82, 2.24) is 4.90 Å². The summed E-state index contributed by atoms with van der Waals surface area (Å²) < 4.78 is 13.3. The molecule has 3 heterocycles. The second kappa shape index (κ2) is 7.29. The third kappa shape index (κ3) is 3.22. The van der Waals surface area contributed by atoms with E-state index in [0.29, 0.717) is 24.4 Å². The van der Waals surface area contributed by atoms with Crippen LogP contribution in [-0.2, 0) is 4.79 Å². The monoisotopic (exact) mass is 392 g/mol. The van der Waals surface area contributed by atoms with Gasteiger partial charge in [-0.05, 0) is 67.9 Å². The van der Waals surface area contributed by atoms with Crippen molar-refractivity contribution in [1.29, 1.82) is 0 Å². The second-order valence-electron chi connectivity index (χ2n) is 8.48. The summed E-state index contributed by atoms with van der Waals surface area (Å²) in [5.74, 6) is 0.304. The summed E-state index contributed by atoms with van der Waals surface area (Å²) in [5, 5.41) is 0. The fourth-order valence-corrected chi connectivity index (χ4v) is 5.45. The van der Waals surface area contributed by atoms with Gasteiger partial charge in [-0.15, -0.1) is 0 Å². The van der Waals surface area contributed by atoms with E-state index in [-0.39, 0.29) is 29.7 Å². The topological polar surface area (TPSA) is 40.6 Å². The van der Waals surface area contributed by atoms with Crippen LogP contribution in [-0.4, -0.2) is 35.3 Å². The first kappa shape index (κ1) is 18.3. The Morgan fingerprint density at radius 1 is 0.966 bits per heavy atom. The van der Waals surface area contributed by atoms with E-state index in [4.69, 9.17) is 0 Å². The molecule has 0 unspecified atom stereocenters. The minimum Gasteiger partial charge on any atom is -0.333 e. The summed E-state index contributed by atoms with van der Waals surface area (Å²) in [6.07, 6.45) is 5.25. The zero-order chi connectivity index (χ0) is 20.0. The molecule has 3 saturated heterocycles. The van der Waals surface area contributed by atoms with Crippen LogP contribution in [0.3, 0.4) is 0 Å². The van der Waals surface area contributed by atoms with Gasteiger partial charge in [0, 0.05) is 25.0 Å². The third-order valence-corrected chi connectivity index (χ3v) is 6.81. The lowest BCUT2D eigenvalue weighted by molar-refractivity contribution is -0.117. The molecule has 5 rings (SSSR count). The zero-order valence-electron chi connectivity index (χ0n) is 16.4. The Labute approximate surface area is 170 Å². The van der Waals surface area contributed by atoms with E-state index in [1.54, 1.807) is 4.90 Å². The molecule has 150 valence electrons.